The van der Waals surface area contributed by atoms with Crippen molar-refractivity contribution in [3.05, 3.63) is 12.4 Å². The maximum absolute atomic E-state index is 10.5. The highest BCUT2D eigenvalue weighted by Gasteiger charge is 1.92. The number of hydrogen-bond acceptors (Lipinski definition) is 4. The molecular weight excluding hydrogens is 182 g/mol. The Hall–Kier alpha value is -1.43. The summed E-state index contributed by atoms with van der Waals surface area (Å²) in [6.07, 6.45) is 3.47. The fourth-order valence-electron chi connectivity index (χ4n) is 0.998. The fourth-order valence-corrected chi connectivity index (χ4v) is 0.998. The van der Waals surface area contributed by atoms with Crippen LogP contribution in [0.1, 0.15) is 6.92 Å². The molecule has 1 heterocycles. The fraction of sp³-hybridized carbons (Fsp3) is 0.625. The first-order chi connectivity index (χ1) is 6.79. The standard InChI is InChI=1S/C8H15N5O/c1-8(14)10-3-2-9-4-6-13-7-5-11-12-13/h5,7,9H,2-4,6H2,1H3,(H,10,14). The van der Waals surface area contributed by atoms with Crippen molar-refractivity contribution in [3.8, 4) is 0 Å². The molecule has 6 heteroatoms. The van der Waals surface area contributed by atoms with Crippen molar-refractivity contribution in [2.24, 2.45) is 0 Å². The van der Waals surface area contributed by atoms with E-state index in [2.05, 4.69) is 20.9 Å². The molecule has 0 atom stereocenters. The molecule has 6 nitrogen and oxygen atoms in total. The van der Waals surface area contributed by atoms with E-state index in [4.69, 9.17) is 0 Å². The molecular formula is C8H15N5O. The van der Waals surface area contributed by atoms with Gasteiger partial charge in [-0.05, 0) is 0 Å². The summed E-state index contributed by atoms with van der Waals surface area (Å²) in [4.78, 5) is 10.5. The Labute approximate surface area is 82.7 Å². The van der Waals surface area contributed by atoms with E-state index in [0.29, 0.717) is 6.54 Å². The average molecular weight is 197 g/mol. The predicted molar refractivity (Wildman–Crippen MR) is 51.6 cm³/mol. The molecule has 0 aromatic carbocycles. The Balaban J connectivity index is 1.92. The van der Waals surface area contributed by atoms with Crippen LogP contribution >= 0.6 is 0 Å². The molecule has 0 spiro atoms. The Kier molecular flexibility index (Phi) is 4.63. The molecule has 0 unspecified atom stereocenters. The lowest BCUT2D eigenvalue weighted by molar-refractivity contribution is -0.118. The van der Waals surface area contributed by atoms with Crippen LogP contribution in [0.5, 0.6) is 0 Å². The summed E-state index contributed by atoms with van der Waals surface area (Å²) >= 11 is 0. The van der Waals surface area contributed by atoms with Gasteiger partial charge >= 0.3 is 0 Å². The van der Waals surface area contributed by atoms with Gasteiger partial charge in [0, 0.05) is 32.8 Å². The monoisotopic (exact) mass is 197 g/mol. The normalized spacial score (nSPS) is 10.1. The Morgan fingerprint density at radius 2 is 2.29 bits per heavy atom. The van der Waals surface area contributed by atoms with Crippen molar-refractivity contribution in [2.75, 3.05) is 19.6 Å². The van der Waals surface area contributed by atoms with Crippen LogP contribution in [0.4, 0.5) is 0 Å². The van der Waals surface area contributed by atoms with Crippen molar-refractivity contribution in [1.29, 1.82) is 0 Å². The molecule has 2 N–H and O–H groups in total. The molecule has 78 valence electrons. The molecule has 0 aliphatic carbocycles. The number of hydrogen-bond donors (Lipinski definition) is 2. The summed E-state index contributed by atoms with van der Waals surface area (Å²) in [5.74, 6) is 0.00285. The molecule has 0 aliphatic heterocycles. The summed E-state index contributed by atoms with van der Waals surface area (Å²) in [5.41, 5.74) is 0. The zero-order valence-electron chi connectivity index (χ0n) is 8.23. The summed E-state index contributed by atoms with van der Waals surface area (Å²) in [7, 11) is 0. The summed E-state index contributed by atoms with van der Waals surface area (Å²) < 4.78 is 1.76. The van der Waals surface area contributed by atoms with Gasteiger partial charge in [-0.2, -0.15) is 0 Å². The molecule has 1 aromatic heterocycles. The minimum Gasteiger partial charge on any atom is -0.355 e. The summed E-state index contributed by atoms with van der Waals surface area (Å²) in [6, 6.07) is 0. The number of carbonyl (C=O) groups excluding carboxylic acids is 1. The molecule has 0 aliphatic rings. The third-order valence-corrected chi connectivity index (χ3v) is 1.67. The Morgan fingerprint density at radius 3 is 2.93 bits per heavy atom. The third kappa shape index (κ3) is 4.56. The number of nitrogens with zero attached hydrogens (tertiary/aromatic N) is 3. The zero-order valence-corrected chi connectivity index (χ0v) is 8.23. The van der Waals surface area contributed by atoms with Crippen molar-refractivity contribution < 1.29 is 4.79 Å². The van der Waals surface area contributed by atoms with Crippen LogP contribution in [0.25, 0.3) is 0 Å². The molecule has 1 aromatic rings. The lowest BCUT2D eigenvalue weighted by Crippen LogP contribution is -2.31. The average Bonchev–Trinajstić information content (AvgIpc) is 2.63. The van der Waals surface area contributed by atoms with E-state index in [0.717, 1.165) is 19.6 Å². The number of nitrogens with one attached hydrogen (secondary N) is 2. The van der Waals surface area contributed by atoms with Crippen LogP contribution in [0, 0.1) is 0 Å². The molecule has 14 heavy (non-hydrogen) atoms. The third-order valence-electron chi connectivity index (χ3n) is 1.67. The van der Waals surface area contributed by atoms with E-state index >= 15 is 0 Å². The SMILES string of the molecule is CC(=O)NCCNCCn1ccnn1. The minimum absolute atomic E-state index is 0.00285. The highest BCUT2D eigenvalue weighted by Crippen LogP contribution is 1.77. The van der Waals surface area contributed by atoms with Gasteiger partial charge in [-0.25, -0.2) is 0 Å². The van der Waals surface area contributed by atoms with Gasteiger partial charge in [-0.3, -0.25) is 9.48 Å². The van der Waals surface area contributed by atoms with Crippen LogP contribution in [0.2, 0.25) is 0 Å². The highest BCUT2D eigenvalue weighted by molar-refractivity contribution is 5.72. The first-order valence-corrected chi connectivity index (χ1v) is 4.58. The topological polar surface area (TPSA) is 71.8 Å². The van der Waals surface area contributed by atoms with E-state index in [1.165, 1.54) is 6.92 Å². The van der Waals surface area contributed by atoms with Gasteiger partial charge in [-0.1, -0.05) is 5.21 Å². The number of aromatic nitrogens is 3. The second-order valence-corrected chi connectivity index (χ2v) is 2.90. The van der Waals surface area contributed by atoms with Crippen molar-refractivity contribution in [1.82, 2.24) is 25.6 Å². The van der Waals surface area contributed by atoms with Crippen LogP contribution in [0.3, 0.4) is 0 Å². The first-order valence-electron chi connectivity index (χ1n) is 4.58. The molecule has 0 saturated carbocycles. The second kappa shape index (κ2) is 6.09. The van der Waals surface area contributed by atoms with E-state index in [1.807, 2.05) is 6.20 Å². The molecule has 0 radical (unpaired) electrons. The first kappa shape index (κ1) is 10.6. The van der Waals surface area contributed by atoms with Crippen LogP contribution in [-0.4, -0.2) is 40.5 Å². The van der Waals surface area contributed by atoms with Gasteiger partial charge in [0.15, 0.2) is 0 Å². The number of rotatable bonds is 6. The van der Waals surface area contributed by atoms with E-state index in [9.17, 15) is 4.79 Å². The number of amides is 1. The Bertz CT molecular complexity index is 259. The van der Waals surface area contributed by atoms with Gasteiger partial charge in [0.1, 0.15) is 0 Å². The van der Waals surface area contributed by atoms with Crippen molar-refractivity contribution >= 4 is 5.91 Å². The van der Waals surface area contributed by atoms with E-state index in [-0.39, 0.29) is 5.91 Å². The quantitative estimate of drug-likeness (QED) is 0.574. The molecule has 1 rings (SSSR count). The van der Waals surface area contributed by atoms with E-state index in [1.54, 1.807) is 10.9 Å². The van der Waals surface area contributed by atoms with Crippen LogP contribution in [0.15, 0.2) is 12.4 Å². The van der Waals surface area contributed by atoms with Crippen LogP contribution < -0.4 is 10.6 Å². The van der Waals surface area contributed by atoms with Gasteiger partial charge in [0.25, 0.3) is 0 Å². The smallest absolute Gasteiger partial charge is 0.216 e. The highest BCUT2D eigenvalue weighted by atomic mass is 16.1. The van der Waals surface area contributed by atoms with Gasteiger partial charge in [0.2, 0.25) is 5.91 Å². The van der Waals surface area contributed by atoms with Crippen molar-refractivity contribution in [2.45, 2.75) is 13.5 Å². The predicted octanol–water partition coefficient (Wildman–Crippen LogP) is -0.996. The second-order valence-electron chi connectivity index (χ2n) is 2.90. The maximum Gasteiger partial charge on any atom is 0.216 e. The van der Waals surface area contributed by atoms with Gasteiger partial charge < -0.3 is 10.6 Å². The molecule has 1 amide bonds. The molecule has 0 saturated heterocycles. The lowest BCUT2D eigenvalue weighted by Gasteiger charge is -2.04. The maximum atomic E-state index is 10.5. The summed E-state index contributed by atoms with van der Waals surface area (Å²) in [5, 5.41) is 13.4. The van der Waals surface area contributed by atoms with Crippen molar-refractivity contribution in [3.63, 3.8) is 0 Å². The van der Waals surface area contributed by atoms with Gasteiger partial charge in [-0.15, -0.1) is 5.10 Å². The zero-order chi connectivity index (χ0) is 10.2. The van der Waals surface area contributed by atoms with Crippen LogP contribution in [-0.2, 0) is 11.3 Å². The minimum atomic E-state index is 0.00285. The largest absolute Gasteiger partial charge is 0.355 e. The lowest BCUT2D eigenvalue weighted by atomic mass is 10.5. The number of carbonyl (C=O) groups is 1. The molecule has 0 fully saturated rings. The summed E-state index contributed by atoms with van der Waals surface area (Å²) in [6.45, 7) is 4.55. The van der Waals surface area contributed by atoms with E-state index < -0.39 is 0 Å². The Morgan fingerprint density at radius 1 is 1.43 bits per heavy atom. The van der Waals surface area contributed by atoms with Gasteiger partial charge in [0.05, 0.1) is 12.7 Å². The molecule has 0 bridgehead atoms.